The molecule has 1 aromatic heterocycles. The molecule has 2 heterocycles. The summed E-state index contributed by atoms with van der Waals surface area (Å²) in [6.07, 6.45) is 10.1. The zero-order chi connectivity index (χ0) is 17.1. The van der Waals surface area contributed by atoms with E-state index >= 15 is 0 Å². The first-order valence-electron chi connectivity index (χ1n) is 9.17. The fraction of sp³-hybridized carbons (Fsp3) is 0.450. The summed E-state index contributed by atoms with van der Waals surface area (Å²) < 4.78 is 5.56. The first-order valence-corrected chi connectivity index (χ1v) is 9.17. The fourth-order valence-corrected chi connectivity index (χ4v) is 3.78. The molecular weight excluding hydrogens is 314 g/mol. The van der Waals surface area contributed by atoms with E-state index in [9.17, 15) is 4.79 Å². The number of carbonyl (C=O) groups is 1. The van der Waals surface area contributed by atoms with Gasteiger partial charge in [-0.2, -0.15) is 4.98 Å². The molecule has 5 heteroatoms. The van der Waals surface area contributed by atoms with Crippen molar-refractivity contribution < 1.29 is 9.32 Å². The van der Waals surface area contributed by atoms with E-state index in [0.717, 1.165) is 50.6 Å². The number of amides is 1. The molecule has 1 saturated heterocycles. The average Bonchev–Trinajstić information content (AvgIpc) is 3.19. The van der Waals surface area contributed by atoms with Gasteiger partial charge in [-0.25, -0.2) is 0 Å². The van der Waals surface area contributed by atoms with Crippen LogP contribution in [0, 0.1) is 5.92 Å². The highest BCUT2D eigenvalue weighted by atomic mass is 16.5. The topological polar surface area (TPSA) is 59.2 Å². The number of piperidine rings is 1. The molecule has 1 aliphatic heterocycles. The first-order chi connectivity index (χ1) is 12.3. The quantitative estimate of drug-likeness (QED) is 0.790. The molecule has 5 nitrogen and oxygen atoms in total. The maximum Gasteiger partial charge on any atom is 0.249 e. The van der Waals surface area contributed by atoms with Gasteiger partial charge in [-0.05, 0) is 38.5 Å². The van der Waals surface area contributed by atoms with Crippen LogP contribution in [0.2, 0.25) is 0 Å². The summed E-state index contributed by atoms with van der Waals surface area (Å²) in [6.45, 7) is 0.784. The highest BCUT2D eigenvalue weighted by Gasteiger charge is 2.35. The minimum atomic E-state index is -0.0860. The van der Waals surface area contributed by atoms with Crippen LogP contribution in [0.25, 0.3) is 11.4 Å². The Bertz CT molecular complexity index is 753. The van der Waals surface area contributed by atoms with Gasteiger partial charge in [0, 0.05) is 18.0 Å². The van der Waals surface area contributed by atoms with Crippen LogP contribution in [0.1, 0.15) is 50.5 Å². The predicted octanol–water partition coefficient (Wildman–Crippen LogP) is 4.15. The average molecular weight is 337 g/mol. The Morgan fingerprint density at radius 1 is 1.12 bits per heavy atom. The molecule has 0 unspecified atom stereocenters. The van der Waals surface area contributed by atoms with Crippen molar-refractivity contribution in [1.29, 1.82) is 0 Å². The van der Waals surface area contributed by atoms with E-state index in [-0.39, 0.29) is 17.9 Å². The SMILES string of the molecule is O=C([C@@H]1CC=CCC1)N1CCCC[C@H]1c1nc(-c2ccccc2)no1. The van der Waals surface area contributed by atoms with E-state index < -0.39 is 0 Å². The van der Waals surface area contributed by atoms with Crippen molar-refractivity contribution in [1.82, 2.24) is 15.0 Å². The zero-order valence-electron chi connectivity index (χ0n) is 14.3. The maximum absolute atomic E-state index is 13.0. The molecule has 2 aliphatic rings. The van der Waals surface area contributed by atoms with Crippen LogP contribution in [0.15, 0.2) is 47.0 Å². The van der Waals surface area contributed by atoms with Gasteiger partial charge in [0.05, 0.1) is 0 Å². The van der Waals surface area contributed by atoms with Gasteiger partial charge in [0.15, 0.2) is 0 Å². The lowest BCUT2D eigenvalue weighted by Crippen LogP contribution is -2.42. The van der Waals surface area contributed by atoms with Crippen molar-refractivity contribution in [2.24, 2.45) is 5.92 Å². The number of aromatic nitrogens is 2. The molecule has 25 heavy (non-hydrogen) atoms. The number of likely N-dealkylation sites (tertiary alicyclic amines) is 1. The number of hydrogen-bond donors (Lipinski definition) is 0. The monoisotopic (exact) mass is 337 g/mol. The number of benzene rings is 1. The lowest BCUT2D eigenvalue weighted by molar-refractivity contribution is -0.140. The van der Waals surface area contributed by atoms with E-state index in [0.29, 0.717) is 11.7 Å². The Hall–Kier alpha value is -2.43. The summed E-state index contributed by atoms with van der Waals surface area (Å²) in [5.41, 5.74) is 0.934. The molecule has 0 radical (unpaired) electrons. The molecule has 1 amide bonds. The summed E-state index contributed by atoms with van der Waals surface area (Å²) in [5, 5.41) is 4.13. The summed E-state index contributed by atoms with van der Waals surface area (Å²) in [7, 11) is 0. The minimum absolute atomic E-state index is 0.0860. The van der Waals surface area contributed by atoms with Gasteiger partial charge in [-0.15, -0.1) is 0 Å². The van der Waals surface area contributed by atoms with Gasteiger partial charge in [-0.1, -0.05) is 47.6 Å². The highest BCUT2D eigenvalue weighted by Crippen LogP contribution is 2.34. The van der Waals surface area contributed by atoms with Crippen LogP contribution >= 0.6 is 0 Å². The van der Waals surface area contributed by atoms with Gasteiger partial charge in [-0.3, -0.25) is 4.79 Å². The van der Waals surface area contributed by atoms with Crippen molar-refractivity contribution in [2.75, 3.05) is 6.54 Å². The predicted molar refractivity (Wildman–Crippen MR) is 94.5 cm³/mol. The summed E-state index contributed by atoms with van der Waals surface area (Å²) in [4.78, 5) is 19.6. The largest absolute Gasteiger partial charge is 0.337 e. The Labute approximate surface area is 147 Å². The van der Waals surface area contributed by atoms with Crippen molar-refractivity contribution in [3.63, 3.8) is 0 Å². The van der Waals surface area contributed by atoms with Crippen molar-refractivity contribution >= 4 is 5.91 Å². The second-order valence-electron chi connectivity index (χ2n) is 6.85. The van der Waals surface area contributed by atoms with Gasteiger partial charge in [0.2, 0.25) is 17.6 Å². The van der Waals surface area contributed by atoms with E-state index in [1.54, 1.807) is 0 Å². The number of allylic oxidation sites excluding steroid dienone is 2. The third-order valence-corrected chi connectivity index (χ3v) is 5.16. The zero-order valence-corrected chi connectivity index (χ0v) is 14.3. The van der Waals surface area contributed by atoms with Crippen molar-refractivity contribution in [3.8, 4) is 11.4 Å². The Morgan fingerprint density at radius 3 is 2.80 bits per heavy atom. The van der Waals surface area contributed by atoms with Crippen LogP contribution in [0.4, 0.5) is 0 Å². The molecule has 0 bridgehead atoms. The van der Waals surface area contributed by atoms with Gasteiger partial charge in [0.1, 0.15) is 6.04 Å². The molecule has 1 aliphatic carbocycles. The fourth-order valence-electron chi connectivity index (χ4n) is 3.78. The van der Waals surface area contributed by atoms with Crippen LogP contribution < -0.4 is 0 Å². The molecule has 1 fully saturated rings. The molecule has 1 aromatic carbocycles. The van der Waals surface area contributed by atoms with Crippen LogP contribution in [0.3, 0.4) is 0 Å². The van der Waals surface area contributed by atoms with Crippen LogP contribution in [-0.4, -0.2) is 27.5 Å². The van der Waals surface area contributed by atoms with Gasteiger partial charge in [0.25, 0.3) is 0 Å². The highest BCUT2D eigenvalue weighted by molar-refractivity contribution is 5.79. The molecule has 0 saturated carbocycles. The molecule has 2 atom stereocenters. The molecule has 4 rings (SSSR count). The number of nitrogens with zero attached hydrogens (tertiary/aromatic N) is 3. The van der Waals surface area contributed by atoms with Crippen LogP contribution in [-0.2, 0) is 4.79 Å². The smallest absolute Gasteiger partial charge is 0.249 e. The Kier molecular flexibility index (Phi) is 4.63. The molecular formula is C20H23N3O2. The third-order valence-electron chi connectivity index (χ3n) is 5.16. The second-order valence-corrected chi connectivity index (χ2v) is 6.85. The third kappa shape index (κ3) is 3.36. The number of carbonyl (C=O) groups excluding carboxylic acids is 1. The number of hydrogen-bond acceptors (Lipinski definition) is 4. The van der Waals surface area contributed by atoms with Gasteiger partial charge >= 0.3 is 0 Å². The van der Waals surface area contributed by atoms with E-state index in [4.69, 9.17) is 4.52 Å². The van der Waals surface area contributed by atoms with Gasteiger partial charge < -0.3 is 9.42 Å². The first kappa shape index (κ1) is 16.1. The lowest BCUT2D eigenvalue weighted by Gasteiger charge is -2.36. The normalized spacial score (nSPS) is 23.6. The lowest BCUT2D eigenvalue weighted by atomic mass is 9.91. The van der Waals surface area contributed by atoms with E-state index in [1.807, 2.05) is 35.2 Å². The molecule has 0 spiro atoms. The number of rotatable bonds is 3. The molecule has 0 N–H and O–H groups in total. The maximum atomic E-state index is 13.0. The summed E-state index contributed by atoms with van der Waals surface area (Å²) in [5.74, 6) is 1.50. The molecule has 130 valence electrons. The minimum Gasteiger partial charge on any atom is -0.337 e. The Balaban J connectivity index is 1.56. The van der Waals surface area contributed by atoms with Crippen LogP contribution in [0.5, 0.6) is 0 Å². The molecule has 2 aromatic rings. The Morgan fingerprint density at radius 2 is 2.00 bits per heavy atom. The standard InChI is InChI=1S/C20H23N3O2/c24-20(16-11-5-2-6-12-16)23-14-8-7-13-17(23)19-21-18(22-25-19)15-9-3-1-4-10-15/h1-5,9-10,16-17H,6-8,11-14H2/t16-,17+/m1/s1. The van der Waals surface area contributed by atoms with E-state index in [2.05, 4.69) is 22.3 Å². The van der Waals surface area contributed by atoms with Crippen molar-refractivity contribution in [3.05, 3.63) is 48.4 Å². The second kappa shape index (κ2) is 7.21. The summed E-state index contributed by atoms with van der Waals surface area (Å²) >= 11 is 0. The van der Waals surface area contributed by atoms with E-state index in [1.165, 1.54) is 0 Å². The summed E-state index contributed by atoms with van der Waals surface area (Å²) in [6, 6.07) is 9.72. The van der Waals surface area contributed by atoms with Crippen molar-refractivity contribution in [2.45, 2.75) is 44.6 Å².